The van der Waals surface area contributed by atoms with Crippen molar-refractivity contribution in [1.82, 2.24) is 24.5 Å². The van der Waals surface area contributed by atoms with Crippen LogP contribution >= 0.6 is 27.3 Å². The van der Waals surface area contributed by atoms with Gasteiger partial charge in [-0.3, -0.25) is 19.0 Å². The smallest absolute Gasteiger partial charge is 0.365 e. The number of nitrogens with one attached hydrogen (secondary N) is 1. The molecule has 212 valence electrons. The van der Waals surface area contributed by atoms with E-state index in [0.29, 0.717) is 29.8 Å². The second kappa shape index (κ2) is 10.2. The first-order valence-electron chi connectivity index (χ1n) is 12.0. The molecule has 1 aliphatic carbocycles. The van der Waals surface area contributed by atoms with E-state index in [1.807, 2.05) is 0 Å². The molecule has 9 nitrogen and oxygen atoms in total. The minimum atomic E-state index is -4.67. The van der Waals surface area contributed by atoms with Crippen molar-refractivity contribution in [1.29, 1.82) is 0 Å². The molecule has 0 bridgehead atoms. The summed E-state index contributed by atoms with van der Waals surface area (Å²) in [6.07, 6.45) is -4.98. The highest BCUT2D eigenvalue weighted by Gasteiger charge is 2.41. The molecule has 4 heterocycles. The highest BCUT2D eigenvalue weighted by Crippen LogP contribution is 2.47. The van der Waals surface area contributed by atoms with Crippen LogP contribution in [0, 0.1) is 6.92 Å². The minimum absolute atomic E-state index is 0.0101. The summed E-state index contributed by atoms with van der Waals surface area (Å²) in [5.41, 5.74) is 5.72. The van der Waals surface area contributed by atoms with Crippen molar-refractivity contribution in [3.8, 4) is 11.1 Å². The molecule has 0 saturated heterocycles. The number of amides is 2. The topological polar surface area (TPSA) is 121 Å². The largest absolute Gasteiger partial charge is 0.436 e. The number of nitrogens with two attached hydrogens (primary N) is 1. The van der Waals surface area contributed by atoms with Gasteiger partial charge in [0.2, 0.25) is 5.91 Å². The number of primary amides is 1. The number of anilines is 1. The number of aromatic nitrogens is 5. The Morgan fingerprint density at radius 3 is 2.52 bits per heavy atom. The lowest BCUT2D eigenvalue weighted by molar-refractivity contribution is -0.142. The molecule has 1 saturated carbocycles. The van der Waals surface area contributed by atoms with Gasteiger partial charge in [-0.1, -0.05) is 0 Å². The molecular weight excluding hydrogens is 625 g/mol. The minimum Gasteiger partial charge on any atom is -0.365 e. The van der Waals surface area contributed by atoms with Crippen molar-refractivity contribution >= 4 is 55.0 Å². The summed E-state index contributed by atoms with van der Waals surface area (Å²) in [5, 5.41) is 10.7. The van der Waals surface area contributed by atoms with Gasteiger partial charge in [-0.2, -0.15) is 23.4 Å². The van der Waals surface area contributed by atoms with Crippen molar-refractivity contribution in [2.45, 2.75) is 51.3 Å². The summed E-state index contributed by atoms with van der Waals surface area (Å²) in [6.45, 7) is 1.56. The average Bonchev–Trinajstić information content (AvgIpc) is 3.43. The number of thiophene rings is 1. The monoisotopic (exact) mass is 645 g/mol. The zero-order chi connectivity index (χ0) is 29.1. The summed E-state index contributed by atoms with van der Waals surface area (Å²) >= 11 is 3.77. The Bertz CT molecular complexity index is 1660. The van der Waals surface area contributed by atoms with E-state index >= 15 is 0 Å². The number of alkyl halides is 5. The number of carbonyl (C=O) groups excluding carboxylic acids is 2. The number of hydrogen-bond acceptors (Lipinski definition) is 6. The Morgan fingerprint density at radius 1 is 1.27 bits per heavy atom. The third-order valence-corrected chi connectivity index (χ3v) is 8.51. The van der Waals surface area contributed by atoms with Gasteiger partial charge in [0.1, 0.15) is 15.4 Å². The maximum Gasteiger partial charge on any atom is 0.436 e. The van der Waals surface area contributed by atoms with Gasteiger partial charge in [0, 0.05) is 36.0 Å². The number of aryl methyl sites for hydroxylation is 2. The molecule has 5 rings (SSSR count). The first-order valence-corrected chi connectivity index (χ1v) is 13.6. The van der Waals surface area contributed by atoms with E-state index in [-0.39, 0.29) is 49.7 Å². The van der Waals surface area contributed by atoms with Crippen LogP contribution in [0.2, 0.25) is 0 Å². The van der Waals surface area contributed by atoms with E-state index in [1.54, 1.807) is 14.0 Å². The highest BCUT2D eigenvalue weighted by molar-refractivity contribution is 9.10. The lowest BCUT2D eigenvalue weighted by atomic mass is 10.0. The van der Waals surface area contributed by atoms with E-state index in [9.17, 15) is 31.5 Å². The van der Waals surface area contributed by atoms with Gasteiger partial charge in [0.05, 0.1) is 28.6 Å². The van der Waals surface area contributed by atoms with Gasteiger partial charge in [0.25, 0.3) is 12.3 Å². The van der Waals surface area contributed by atoms with Crippen LogP contribution in [0.15, 0.2) is 16.7 Å². The Morgan fingerprint density at radius 2 is 1.98 bits per heavy atom. The molecule has 0 aliphatic heterocycles. The van der Waals surface area contributed by atoms with E-state index < -0.39 is 35.8 Å². The maximum atomic E-state index is 13.7. The number of nitrogens with zero attached hydrogens (tertiary/aromatic N) is 5. The third kappa shape index (κ3) is 5.09. The normalized spacial score (nSPS) is 13.9. The number of fused-ring (bicyclic) bond motifs is 1. The maximum absolute atomic E-state index is 13.7. The van der Waals surface area contributed by atoms with Crippen LogP contribution in [0.1, 0.15) is 64.1 Å². The average molecular weight is 646 g/mol. The fraction of sp³-hybridized carbons (Fsp3) is 0.375. The quantitative estimate of drug-likeness (QED) is 0.230. The van der Waals surface area contributed by atoms with Crippen LogP contribution in [0.5, 0.6) is 0 Å². The molecule has 1 aliphatic rings. The molecule has 4 aromatic heterocycles. The number of hydrogen-bond donors (Lipinski definition) is 2. The summed E-state index contributed by atoms with van der Waals surface area (Å²) in [4.78, 5) is 29.3. The molecule has 0 aromatic carbocycles. The fourth-order valence-electron chi connectivity index (χ4n) is 4.46. The van der Waals surface area contributed by atoms with Crippen molar-refractivity contribution in [2.75, 3.05) is 5.32 Å². The summed E-state index contributed by atoms with van der Waals surface area (Å²) < 4.78 is 70.3. The fourth-order valence-corrected chi connectivity index (χ4v) is 6.30. The highest BCUT2D eigenvalue weighted by atomic mass is 79.9. The molecular formula is C24H21BrF5N7O2S. The predicted octanol–water partition coefficient (Wildman–Crippen LogP) is 5.93. The van der Waals surface area contributed by atoms with E-state index in [1.165, 1.54) is 21.6 Å². The molecule has 4 aromatic rings. The molecule has 3 N–H and O–H groups in total. The molecule has 0 spiro atoms. The van der Waals surface area contributed by atoms with Gasteiger partial charge in [-0.15, -0.1) is 11.3 Å². The van der Waals surface area contributed by atoms with Gasteiger partial charge in [0.15, 0.2) is 5.69 Å². The summed E-state index contributed by atoms with van der Waals surface area (Å²) in [6, 6.07) is 1.17. The number of pyridine rings is 1. The van der Waals surface area contributed by atoms with Gasteiger partial charge >= 0.3 is 6.18 Å². The van der Waals surface area contributed by atoms with Gasteiger partial charge in [-0.05, 0) is 47.3 Å². The summed E-state index contributed by atoms with van der Waals surface area (Å²) in [7, 11) is 1.67. The molecule has 0 radical (unpaired) electrons. The lowest BCUT2D eigenvalue weighted by Crippen LogP contribution is -2.19. The molecule has 16 heteroatoms. The van der Waals surface area contributed by atoms with Gasteiger partial charge < -0.3 is 11.1 Å². The van der Waals surface area contributed by atoms with Crippen molar-refractivity contribution in [3.63, 3.8) is 0 Å². The Hall–Kier alpha value is -3.40. The number of halogens is 6. The van der Waals surface area contributed by atoms with Crippen LogP contribution < -0.4 is 11.1 Å². The predicted molar refractivity (Wildman–Crippen MR) is 140 cm³/mol. The Balaban J connectivity index is 1.52. The molecule has 0 atom stereocenters. The van der Waals surface area contributed by atoms with Crippen LogP contribution in [0.4, 0.5) is 27.6 Å². The van der Waals surface area contributed by atoms with E-state index in [4.69, 9.17) is 5.73 Å². The van der Waals surface area contributed by atoms with E-state index in [0.717, 1.165) is 11.3 Å². The Labute approximate surface area is 235 Å². The van der Waals surface area contributed by atoms with Crippen LogP contribution in [0.25, 0.3) is 21.3 Å². The van der Waals surface area contributed by atoms with Gasteiger partial charge in [-0.25, -0.2) is 13.8 Å². The first-order chi connectivity index (χ1) is 18.8. The third-order valence-electron chi connectivity index (χ3n) is 6.63. The second-order valence-corrected chi connectivity index (χ2v) is 11.1. The van der Waals surface area contributed by atoms with Crippen molar-refractivity contribution in [3.05, 3.63) is 44.4 Å². The molecule has 1 fully saturated rings. The van der Waals surface area contributed by atoms with Crippen molar-refractivity contribution < 1.29 is 31.5 Å². The molecule has 2 amide bonds. The number of rotatable bonds is 8. The van der Waals surface area contributed by atoms with Crippen LogP contribution in [-0.2, 0) is 24.6 Å². The number of carbonyl (C=O) groups is 2. The second-order valence-electron chi connectivity index (χ2n) is 9.35. The Kier molecular flexibility index (Phi) is 7.18. The van der Waals surface area contributed by atoms with Crippen molar-refractivity contribution in [2.24, 2.45) is 12.8 Å². The first kappa shape index (κ1) is 28.1. The summed E-state index contributed by atoms with van der Waals surface area (Å²) in [5.74, 6) is -1.65. The lowest BCUT2D eigenvalue weighted by Gasteiger charge is -2.11. The standard InChI is InChI=1S/C24H21BrF5N7O2S/c1-9-12(8-32-36(9)2)11-7-13(21(26)27)33-23-15(11)17(19(40-23)22(31)39)34-14(38)5-6-37-18(10-3-4-10)16(25)20(35-37)24(28,29)30/h7-8,10,21H,3-6H2,1-2H3,(H2,31,39)(H,34,38). The zero-order valence-electron chi connectivity index (χ0n) is 20.9. The van der Waals surface area contributed by atoms with E-state index in [2.05, 4.69) is 36.4 Å². The zero-order valence-corrected chi connectivity index (χ0v) is 23.3. The molecule has 0 unspecified atom stereocenters. The molecule has 40 heavy (non-hydrogen) atoms. The van der Waals surface area contributed by atoms with Crippen LogP contribution in [0.3, 0.4) is 0 Å². The SMILES string of the molecule is Cc1c(-c2cc(C(F)F)nc3sc(C(N)=O)c(NC(=O)CCn4nc(C(F)(F)F)c(Br)c4C4CC4)c23)cnn1C. The van der Waals surface area contributed by atoms with Crippen LogP contribution in [-0.4, -0.2) is 36.4 Å².